The number of hydrogen-bond acceptors (Lipinski definition) is 3. The third-order valence-corrected chi connectivity index (χ3v) is 3.92. The average Bonchev–Trinajstić information content (AvgIpc) is 2.91. The molecule has 3 rings (SSSR count). The molecule has 1 aromatic carbocycles. The Bertz CT molecular complexity index is 648. The van der Waals surface area contributed by atoms with Crippen LogP contribution in [-0.2, 0) is 17.8 Å². The van der Waals surface area contributed by atoms with Crippen molar-refractivity contribution < 1.29 is 9.21 Å². The quantitative estimate of drug-likeness (QED) is 0.941. The minimum Gasteiger partial charge on any atom is -0.464 e. The second-order valence-electron chi connectivity index (χ2n) is 5.54. The Morgan fingerprint density at radius 3 is 2.90 bits per heavy atom. The van der Waals surface area contributed by atoms with Crippen LogP contribution in [0.15, 0.2) is 40.8 Å². The maximum absolute atomic E-state index is 12.7. The molecular weight excluding hydrogens is 264 g/mol. The SMILES string of the molecule is Cc1ccc(CN(C)C(=O)C2NCCc3ccccc32)o1. The normalized spacial score (nSPS) is 17.3. The fourth-order valence-corrected chi connectivity index (χ4v) is 2.83. The van der Waals surface area contributed by atoms with Gasteiger partial charge in [-0.15, -0.1) is 0 Å². The highest BCUT2D eigenvalue weighted by Gasteiger charge is 2.28. The van der Waals surface area contributed by atoms with E-state index in [0.29, 0.717) is 6.54 Å². The largest absolute Gasteiger partial charge is 0.464 e. The highest BCUT2D eigenvalue weighted by Crippen LogP contribution is 2.24. The lowest BCUT2D eigenvalue weighted by atomic mass is 9.93. The summed E-state index contributed by atoms with van der Waals surface area (Å²) in [5.74, 6) is 1.76. The van der Waals surface area contributed by atoms with E-state index in [4.69, 9.17) is 4.42 Å². The number of amides is 1. The maximum atomic E-state index is 12.7. The average molecular weight is 284 g/mol. The van der Waals surface area contributed by atoms with E-state index in [1.54, 1.807) is 4.90 Å². The van der Waals surface area contributed by atoms with Crippen molar-refractivity contribution in [3.05, 3.63) is 59.0 Å². The molecule has 1 aliphatic rings. The zero-order valence-corrected chi connectivity index (χ0v) is 12.4. The summed E-state index contributed by atoms with van der Waals surface area (Å²) in [5, 5.41) is 3.33. The minimum atomic E-state index is -0.254. The molecule has 1 aromatic heterocycles. The fourth-order valence-electron chi connectivity index (χ4n) is 2.83. The molecule has 0 radical (unpaired) electrons. The molecule has 2 heterocycles. The van der Waals surface area contributed by atoms with E-state index < -0.39 is 0 Å². The second-order valence-corrected chi connectivity index (χ2v) is 5.54. The summed E-state index contributed by atoms with van der Waals surface area (Å²) in [7, 11) is 1.82. The molecule has 4 nitrogen and oxygen atoms in total. The number of fused-ring (bicyclic) bond motifs is 1. The lowest BCUT2D eigenvalue weighted by Gasteiger charge is -2.29. The first-order valence-electron chi connectivity index (χ1n) is 7.26. The Hall–Kier alpha value is -2.07. The summed E-state index contributed by atoms with van der Waals surface area (Å²) in [6, 6.07) is 11.7. The molecule has 0 fully saturated rings. The van der Waals surface area contributed by atoms with Crippen LogP contribution < -0.4 is 5.32 Å². The van der Waals surface area contributed by atoms with Crippen molar-refractivity contribution in [3.63, 3.8) is 0 Å². The van der Waals surface area contributed by atoms with Crippen molar-refractivity contribution >= 4 is 5.91 Å². The molecule has 110 valence electrons. The van der Waals surface area contributed by atoms with Gasteiger partial charge in [0.15, 0.2) is 0 Å². The van der Waals surface area contributed by atoms with Crippen LogP contribution in [0, 0.1) is 6.92 Å². The van der Waals surface area contributed by atoms with Gasteiger partial charge in [0.05, 0.1) is 6.54 Å². The number of carbonyl (C=O) groups excluding carboxylic acids is 1. The van der Waals surface area contributed by atoms with Gasteiger partial charge in [-0.25, -0.2) is 0 Å². The Labute approximate surface area is 124 Å². The lowest BCUT2D eigenvalue weighted by Crippen LogP contribution is -2.41. The van der Waals surface area contributed by atoms with Crippen molar-refractivity contribution in [1.82, 2.24) is 10.2 Å². The molecule has 1 atom stereocenters. The molecule has 1 N–H and O–H groups in total. The zero-order chi connectivity index (χ0) is 14.8. The first-order chi connectivity index (χ1) is 10.1. The molecule has 0 saturated heterocycles. The topological polar surface area (TPSA) is 45.5 Å². The smallest absolute Gasteiger partial charge is 0.244 e. The first kappa shape index (κ1) is 13.9. The number of rotatable bonds is 3. The molecule has 0 spiro atoms. The molecule has 0 aliphatic carbocycles. The number of nitrogens with one attached hydrogen (secondary N) is 1. The highest BCUT2D eigenvalue weighted by atomic mass is 16.3. The number of hydrogen-bond donors (Lipinski definition) is 1. The van der Waals surface area contributed by atoms with Crippen LogP contribution in [0.2, 0.25) is 0 Å². The van der Waals surface area contributed by atoms with Gasteiger partial charge in [-0.05, 0) is 36.6 Å². The molecule has 1 amide bonds. The number of benzene rings is 1. The van der Waals surface area contributed by atoms with E-state index in [9.17, 15) is 4.79 Å². The zero-order valence-electron chi connectivity index (χ0n) is 12.4. The van der Waals surface area contributed by atoms with Crippen molar-refractivity contribution in [2.75, 3.05) is 13.6 Å². The molecule has 21 heavy (non-hydrogen) atoms. The Morgan fingerprint density at radius 1 is 1.33 bits per heavy atom. The molecule has 4 heteroatoms. The van der Waals surface area contributed by atoms with Gasteiger partial charge >= 0.3 is 0 Å². The Balaban J connectivity index is 1.76. The van der Waals surface area contributed by atoms with E-state index >= 15 is 0 Å². The molecule has 1 unspecified atom stereocenters. The lowest BCUT2D eigenvalue weighted by molar-refractivity contribution is -0.133. The summed E-state index contributed by atoms with van der Waals surface area (Å²) in [4.78, 5) is 14.4. The van der Waals surface area contributed by atoms with Crippen LogP contribution in [0.5, 0.6) is 0 Å². The van der Waals surface area contributed by atoms with Crippen molar-refractivity contribution in [2.24, 2.45) is 0 Å². The van der Waals surface area contributed by atoms with Gasteiger partial charge in [-0.2, -0.15) is 0 Å². The number of aryl methyl sites for hydroxylation is 1. The monoisotopic (exact) mass is 284 g/mol. The maximum Gasteiger partial charge on any atom is 0.244 e. The summed E-state index contributed by atoms with van der Waals surface area (Å²) in [6.07, 6.45) is 0.973. The molecule has 1 aliphatic heterocycles. The predicted molar refractivity (Wildman–Crippen MR) is 80.8 cm³/mol. The van der Waals surface area contributed by atoms with Gasteiger partial charge in [-0.1, -0.05) is 24.3 Å². The predicted octanol–water partition coefficient (Wildman–Crippen LogP) is 2.43. The van der Waals surface area contributed by atoms with Gasteiger partial charge in [0.1, 0.15) is 17.6 Å². The van der Waals surface area contributed by atoms with Crippen LogP contribution in [-0.4, -0.2) is 24.4 Å². The van der Waals surface area contributed by atoms with Crippen molar-refractivity contribution in [2.45, 2.75) is 25.9 Å². The van der Waals surface area contributed by atoms with Gasteiger partial charge in [-0.3, -0.25) is 4.79 Å². The van der Waals surface area contributed by atoms with E-state index in [1.807, 2.05) is 44.3 Å². The molecule has 0 bridgehead atoms. The summed E-state index contributed by atoms with van der Waals surface area (Å²) >= 11 is 0. The molecular formula is C17H20N2O2. The van der Waals surface area contributed by atoms with Crippen LogP contribution in [0.1, 0.15) is 28.7 Å². The number of carbonyl (C=O) groups is 1. The first-order valence-corrected chi connectivity index (χ1v) is 7.26. The third kappa shape index (κ3) is 2.85. The van der Waals surface area contributed by atoms with Crippen LogP contribution >= 0.6 is 0 Å². The van der Waals surface area contributed by atoms with Gasteiger partial charge < -0.3 is 14.6 Å². The van der Waals surface area contributed by atoms with Crippen LogP contribution in [0.25, 0.3) is 0 Å². The summed E-state index contributed by atoms with van der Waals surface area (Å²) in [6.45, 7) is 3.23. The van der Waals surface area contributed by atoms with E-state index in [2.05, 4.69) is 11.4 Å². The highest BCUT2D eigenvalue weighted by molar-refractivity contribution is 5.83. The summed E-state index contributed by atoms with van der Waals surface area (Å²) < 4.78 is 5.55. The minimum absolute atomic E-state index is 0.0798. The van der Waals surface area contributed by atoms with Gasteiger partial charge in [0, 0.05) is 13.6 Å². The molecule has 0 saturated carbocycles. The van der Waals surface area contributed by atoms with Crippen LogP contribution in [0.4, 0.5) is 0 Å². The number of furan rings is 1. The van der Waals surface area contributed by atoms with Gasteiger partial charge in [0.25, 0.3) is 0 Å². The third-order valence-electron chi connectivity index (χ3n) is 3.92. The van der Waals surface area contributed by atoms with Crippen LogP contribution in [0.3, 0.4) is 0 Å². The van der Waals surface area contributed by atoms with E-state index in [1.165, 1.54) is 5.56 Å². The van der Waals surface area contributed by atoms with E-state index in [0.717, 1.165) is 30.0 Å². The standard InChI is InChI=1S/C17H20N2O2/c1-12-7-8-14(21-12)11-19(2)17(20)16-15-6-4-3-5-13(15)9-10-18-16/h3-8,16,18H,9-11H2,1-2H3. The van der Waals surface area contributed by atoms with Crippen molar-refractivity contribution in [3.8, 4) is 0 Å². The number of nitrogens with zero attached hydrogens (tertiary/aromatic N) is 1. The number of likely N-dealkylation sites (N-methyl/N-ethyl adjacent to an activating group) is 1. The van der Waals surface area contributed by atoms with E-state index in [-0.39, 0.29) is 11.9 Å². The summed E-state index contributed by atoms with van der Waals surface area (Å²) in [5.41, 5.74) is 2.35. The Morgan fingerprint density at radius 2 is 2.14 bits per heavy atom. The van der Waals surface area contributed by atoms with Gasteiger partial charge in [0.2, 0.25) is 5.91 Å². The molecule has 2 aromatic rings. The Kier molecular flexibility index (Phi) is 3.80. The fraction of sp³-hybridized carbons (Fsp3) is 0.353. The van der Waals surface area contributed by atoms with Crippen molar-refractivity contribution in [1.29, 1.82) is 0 Å². The second kappa shape index (κ2) is 5.74.